The second-order valence-electron chi connectivity index (χ2n) is 5.08. The summed E-state index contributed by atoms with van der Waals surface area (Å²) in [5.74, 6) is -0.0103. The number of methoxy groups -OCH3 is 1. The van der Waals surface area contributed by atoms with Crippen LogP contribution >= 0.6 is 0 Å². The molecule has 1 atom stereocenters. The van der Waals surface area contributed by atoms with Crippen molar-refractivity contribution in [2.45, 2.75) is 18.9 Å². The fraction of sp³-hybridized carbons (Fsp3) is 0.312. The second-order valence-corrected chi connectivity index (χ2v) is 5.08. The predicted molar refractivity (Wildman–Crippen MR) is 79.2 cm³/mol. The molecule has 1 unspecified atom stereocenters. The van der Waals surface area contributed by atoms with Crippen molar-refractivity contribution in [1.82, 2.24) is 5.32 Å². The number of carboxylic acids is 1. The molecule has 0 saturated carbocycles. The smallest absolute Gasteiger partial charge is 0.305 e. The van der Waals surface area contributed by atoms with Crippen LogP contribution in [-0.2, 0) is 10.3 Å². The highest BCUT2D eigenvalue weighted by Crippen LogP contribution is 2.29. The van der Waals surface area contributed by atoms with Gasteiger partial charge < -0.3 is 15.2 Å². The van der Waals surface area contributed by atoms with Gasteiger partial charge >= 0.3 is 5.97 Å². The third kappa shape index (κ3) is 2.75. The number of ether oxygens (including phenoxy) is 1. The molecule has 2 N–H and O–H groups in total. The first kappa shape index (κ1) is 14.3. The molecule has 2 rings (SSSR count). The van der Waals surface area contributed by atoms with E-state index in [1.807, 2.05) is 43.3 Å². The van der Waals surface area contributed by atoms with Crippen molar-refractivity contribution in [2.24, 2.45) is 0 Å². The van der Waals surface area contributed by atoms with Crippen molar-refractivity contribution in [3.05, 3.63) is 42.0 Å². The van der Waals surface area contributed by atoms with E-state index in [0.717, 1.165) is 22.1 Å². The number of carboxylic acid groups (broad SMARTS) is 1. The zero-order valence-corrected chi connectivity index (χ0v) is 11.9. The van der Waals surface area contributed by atoms with Crippen molar-refractivity contribution in [2.75, 3.05) is 14.2 Å². The van der Waals surface area contributed by atoms with Gasteiger partial charge in [-0.1, -0.05) is 18.2 Å². The van der Waals surface area contributed by atoms with E-state index >= 15 is 0 Å². The fourth-order valence-electron chi connectivity index (χ4n) is 2.33. The zero-order chi connectivity index (χ0) is 14.8. The van der Waals surface area contributed by atoms with Crippen molar-refractivity contribution in [3.8, 4) is 5.75 Å². The Morgan fingerprint density at radius 2 is 1.90 bits per heavy atom. The molecule has 0 fully saturated rings. The van der Waals surface area contributed by atoms with Crippen LogP contribution in [0.1, 0.15) is 18.9 Å². The highest BCUT2D eigenvalue weighted by molar-refractivity contribution is 5.85. The molecule has 2 aromatic rings. The van der Waals surface area contributed by atoms with E-state index in [9.17, 15) is 4.79 Å². The Balaban J connectivity index is 2.47. The quantitative estimate of drug-likeness (QED) is 0.879. The van der Waals surface area contributed by atoms with E-state index in [1.165, 1.54) is 0 Å². The van der Waals surface area contributed by atoms with Crippen LogP contribution in [0.2, 0.25) is 0 Å². The molecule has 106 valence electrons. The van der Waals surface area contributed by atoms with E-state index in [0.29, 0.717) is 0 Å². The average molecular weight is 273 g/mol. The summed E-state index contributed by atoms with van der Waals surface area (Å²) in [4.78, 5) is 11.0. The first-order valence-electron chi connectivity index (χ1n) is 6.47. The fourth-order valence-corrected chi connectivity index (χ4v) is 2.33. The molecule has 0 saturated heterocycles. The van der Waals surface area contributed by atoms with Gasteiger partial charge in [-0.25, -0.2) is 0 Å². The van der Waals surface area contributed by atoms with E-state index in [-0.39, 0.29) is 6.42 Å². The van der Waals surface area contributed by atoms with Crippen LogP contribution in [0.15, 0.2) is 36.4 Å². The van der Waals surface area contributed by atoms with Crippen molar-refractivity contribution < 1.29 is 14.6 Å². The van der Waals surface area contributed by atoms with E-state index in [4.69, 9.17) is 9.84 Å². The summed E-state index contributed by atoms with van der Waals surface area (Å²) in [6.45, 7) is 1.89. The van der Waals surface area contributed by atoms with Gasteiger partial charge in [0.2, 0.25) is 0 Å². The summed E-state index contributed by atoms with van der Waals surface area (Å²) in [7, 11) is 3.42. The molecule has 20 heavy (non-hydrogen) atoms. The molecular weight excluding hydrogens is 254 g/mol. The molecule has 0 bridgehead atoms. The number of benzene rings is 2. The minimum absolute atomic E-state index is 0.0329. The van der Waals surface area contributed by atoms with Gasteiger partial charge in [0.1, 0.15) is 5.75 Å². The highest BCUT2D eigenvalue weighted by Gasteiger charge is 2.27. The minimum Gasteiger partial charge on any atom is -0.497 e. The Hall–Kier alpha value is -2.07. The molecule has 0 spiro atoms. The monoisotopic (exact) mass is 273 g/mol. The van der Waals surface area contributed by atoms with Crippen LogP contribution in [0.5, 0.6) is 5.75 Å². The summed E-state index contributed by atoms with van der Waals surface area (Å²) in [5.41, 5.74) is 0.375. The van der Waals surface area contributed by atoms with Crippen molar-refractivity contribution >= 4 is 16.7 Å². The Morgan fingerprint density at radius 1 is 1.25 bits per heavy atom. The molecule has 2 aromatic carbocycles. The number of nitrogens with one attached hydrogen (secondary N) is 1. The maximum Gasteiger partial charge on any atom is 0.305 e. The first-order valence-corrected chi connectivity index (χ1v) is 6.47. The number of hydrogen-bond acceptors (Lipinski definition) is 3. The SMILES string of the molecule is CNC(C)(CC(=O)O)c1ccc2cc(OC)ccc2c1. The highest BCUT2D eigenvalue weighted by atomic mass is 16.5. The largest absolute Gasteiger partial charge is 0.497 e. The summed E-state index contributed by atoms with van der Waals surface area (Å²) >= 11 is 0. The van der Waals surface area contributed by atoms with E-state index in [2.05, 4.69) is 5.32 Å². The molecule has 0 aliphatic carbocycles. The summed E-state index contributed by atoms with van der Waals surface area (Å²) in [5, 5.41) is 14.3. The standard InChI is InChI=1S/C16H19NO3/c1-16(17-2,10-15(18)19)13-6-4-12-9-14(20-3)7-5-11(12)8-13/h4-9,17H,10H2,1-3H3,(H,18,19). The third-order valence-electron chi connectivity index (χ3n) is 3.74. The van der Waals surface area contributed by atoms with Crippen molar-refractivity contribution in [3.63, 3.8) is 0 Å². The lowest BCUT2D eigenvalue weighted by molar-refractivity contribution is -0.138. The van der Waals surface area contributed by atoms with Crippen LogP contribution in [0.25, 0.3) is 10.8 Å². The molecule has 0 aliphatic rings. The first-order chi connectivity index (χ1) is 9.48. The molecule has 4 nitrogen and oxygen atoms in total. The average Bonchev–Trinajstić information content (AvgIpc) is 2.45. The third-order valence-corrected chi connectivity index (χ3v) is 3.74. The molecule has 0 aromatic heterocycles. The van der Waals surface area contributed by atoms with Crippen LogP contribution in [0.3, 0.4) is 0 Å². The van der Waals surface area contributed by atoms with Gasteiger partial charge in [-0.05, 0) is 48.5 Å². The maximum atomic E-state index is 11.0. The van der Waals surface area contributed by atoms with E-state index < -0.39 is 11.5 Å². The summed E-state index contributed by atoms with van der Waals surface area (Å²) in [6.07, 6.45) is 0.0329. The molecular formula is C16H19NO3. The normalized spacial score (nSPS) is 13.9. The lowest BCUT2D eigenvalue weighted by Gasteiger charge is -2.28. The summed E-state index contributed by atoms with van der Waals surface area (Å²) in [6, 6.07) is 11.8. The molecule has 4 heteroatoms. The lowest BCUT2D eigenvalue weighted by atomic mass is 9.87. The van der Waals surface area contributed by atoms with Crippen molar-refractivity contribution in [1.29, 1.82) is 0 Å². The van der Waals surface area contributed by atoms with E-state index in [1.54, 1.807) is 14.2 Å². The minimum atomic E-state index is -0.823. The Kier molecular flexibility index (Phi) is 3.95. The van der Waals surface area contributed by atoms with Crippen LogP contribution in [-0.4, -0.2) is 25.2 Å². The van der Waals surface area contributed by atoms with Gasteiger partial charge in [-0.15, -0.1) is 0 Å². The zero-order valence-electron chi connectivity index (χ0n) is 11.9. The van der Waals surface area contributed by atoms with Gasteiger partial charge in [-0.3, -0.25) is 4.79 Å². The van der Waals surface area contributed by atoms with Crippen LogP contribution in [0.4, 0.5) is 0 Å². The Labute approximate surface area is 118 Å². The Bertz CT molecular complexity index is 639. The summed E-state index contributed by atoms with van der Waals surface area (Å²) < 4.78 is 5.20. The molecule has 0 heterocycles. The maximum absolute atomic E-state index is 11.0. The lowest BCUT2D eigenvalue weighted by Crippen LogP contribution is -2.38. The van der Waals surface area contributed by atoms with Gasteiger partial charge in [0.05, 0.1) is 19.1 Å². The van der Waals surface area contributed by atoms with Gasteiger partial charge in [0.15, 0.2) is 0 Å². The topological polar surface area (TPSA) is 58.6 Å². The van der Waals surface area contributed by atoms with Gasteiger partial charge in [-0.2, -0.15) is 0 Å². The predicted octanol–water partition coefficient (Wildman–Crippen LogP) is 2.76. The van der Waals surface area contributed by atoms with Crippen LogP contribution in [0, 0.1) is 0 Å². The Morgan fingerprint density at radius 3 is 2.50 bits per heavy atom. The number of carbonyl (C=O) groups is 1. The number of aliphatic carboxylic acids is 1. The van der Waals surface area contributed by atoms with Gasteiger partial charge in [0, 0.05) is 0 Å². The number of fused-ring (bicyclic) bond motifs is 1. The van der Waals surface area contributed by atoms with Crippen LogP contribution < -0.4 is 10.1 Å². The molecule has 0 aliphatic heterocycles. The number of rotatable bonds is 5. The van der Waals surface area contributed by atoms with Gasteiger partial charge in [0.25, 0.3) is 0 Å². The second kappa shape index (κ2) is 5.51. The number of hydrogen-bond donors (Lipinski definition) is 2. The molecule has 0 radical (unpaired) electrons. The molecule has 0 amide bonds.